The molecule has 76 valence electrons. The molecule has 0 radical (unpaired) electrons. The van der Waals surface area contributed by atoms with E-state index in [0.717, 1.165) is 6.42 Å². The van der Waals surface area contributed by atoms with Gasteiger partial charge in [-0.05, 0) is 19.4 Å². The number of nitrogens with one attached hydrogen (secondary N) is 1. The van der Waals surface area contributed by atoms with E-state index in [-0.39, 0.29) is 11.8 Å². The lowest BCUT2D eigenvalue weighted by Gasteiger charge is -2.07. The topological polar surface area (TPSA) is 70.0 Å². The average molecular weight is 204 g/mol. The minimum Gasteiger partial charge on any atom is -0.302 e. The third-order valence-corrected chi connectivity index (χ3v) is 2.68. The van der Waals surface area contributed by atoms with Crippen molar-refractivity contribution in [1.82, 2.24) is 5.32 Å². The maximum atomic E-state index is 10.7. The molecular weight excluding hydrogens is 188 g/mol. The second-order valence-corrected chi connectivity index (χ2v) is 5.29. The molecule has 0 aromatic rings. The number of nitriles is 1. The fourth-order valence-corrected chi connectivity index (χ4v) is 1.56. The molecule has 0 aliphatic rings. The second-order valence-electron chi connectivity index (χ2n) is 3.03. The van der Waals surface area contributed by atoms with E-state index in [1.165, 1.54) is 6.26 Å². The molecule has 0 rings (SSSR count). The summed E-state index contributed by atoms with van der Waals surface area (Å²) < 4.78 is 21.4. The Bertz CT molecular complexity index is 266. The molecule has 13 heavy (non-hydrogen) atoms. The minimum absolute atomic E-state index is 0.153. The van der Waals surface area contributed by atoms with Crippen LogP contribution in [0, 0.1) is 11.3 Å². The van der Waals surface area contributed by atoms with Gasteiger partial charge in [-0.3, -0.25) is 0 Å². The molecule has 1 N–H and O–H groups in total. The zero-order valence-corrected chi connectivity index (χ0v) is 8.89. The van der Waals surface area contributed by atoms with Gasteiger partial charge in [0.25, 0.3) is 0 Å². The van der Waals surface area contributed by atoms with Crippen LogP contribution in [0.15, 0.2) is 0 Å². The largest absolute Gasteiger partial charge is 0.302 e. The van der Waals surface area contributed by atoms with Gasteiger partial charge >= 0.3 is 0 Å². The Balaban J connectivity index is 3.53. The molecule has 1 unspecified atom stereocenters. The lowest BCUT2D eigenvalue weighted by Crippen LogP contribution is -2.28. The first-order valence-electron chi connectivity index (χ1n) is 4.30. The molecule has 0 saturated carbocycles. The summed E-state index contributed by atoms with van der Waals surface area (Å²) in [6.45, 7) is 2.50. The summed E-state index contributed by atoms with van der Waals surface area (Å²) in [7, 11) is -2.86. The van der Waals surface area contributed by atoms with Crippen LogP contribution in [0.2, 0.25) is 0 Å². The van der Waals surface area contributed by atoms with Crippen molar-refractivity contribution in [2.24, 2.45) is 0 Å². The number of nitrogens with zero attached hydrogens (tertiary/aromatic N) is 1. The zero-order chi connectivity index (χ0) is 10.3. The molecule has 0 spiro atoms. The van der Waals surface area contributed by atoms with Crippen molar-refractivity contribution in [3.8, 4) is 6.07 Å². The van der Waals surface area contributed by atoms with Gasteiger partial charge < -0.3 is 5.32 Å². The van der Waals surface area contributed by atoms with Crippen LogP contribution in [0.3, 0.4) is 0 Å². The third kappa shape index (κ3) is 7.75. The lowest BCUT2D eigenvalue weighted by molar-refractivity contribution is 0.571. The molecule has 0 saturated heterocycles. The van der Waals surface area contributed by atoms with Crippen molar-refractivity contribution in [3.63, 3.8) is 0 Å². The summed E-state index contributed by atoms with van der Waals surface area (Å²) in [6.07, 6.45) is 2.53. The third-order valence-electron chi connectivity index (χ3n) is 1.65. The van der Waals surface area contributed by atoms with E-state index in [9.17, 15) is 8.42 Å². The van der Waals surface area contributed by atoms with Crippen LogP contribution in [0.5, 0.6) is 0 Å². The molecule has 0 fully saturated rings. The van der Waals surface area contributed by atoms with Crippen molar-refractivity contribution in [2.75, 3.05) is 18.6 Å². The van der Waals surface area contributed by atoms with Crippen LogP contribution in [-0.2, 0) is 9.84 Å². The van der Waals surface area contributed by atoms with Crippen molar-refractivity contribution >= 4 is 9.84 Å². The summed E-state index contributed by atoms with van der Waals surface area (Å²) in [4.78, 5) is 0. The molecule has 0 aromatic heterocycles. The van der Waals surface area contributed by atoms with Crippen molar-refractivity contribution < 1.29 is 8.42 Å². The predicted octanol–water partition coefficient (Wildman–Crippen LogP) is 0.313. The van der Waals surface area contributed by atoms with Crippen LogP contribution in [-0.4, -0.2) is 33.0 Å². The van der Waals surface area contributed by atoms with E-state index in [4.69, 9.17) is 5.26 Å². The Hall–Kier alpha value is -0.600. The maximum Gasteiger partial charge on any atom is 0.147 e. The van der Waals surface area contributed by atoms with Gasteiger partial charge in [-0.15, -0.1) is 0 Å². The van der Waals surface area contributed by atoms with Crippen molar-refractivity contribution in [1.29, 1.82) is 5.26 Å². The number of hydrogen-bond donors (Lipinski definition) is 1. The highest BCUT2D eigenvalue weighted by atomic mass is 32.2. The first kappa shape index (κ1) is 12.4. The van der Waals surface area contributed by atoms with Gasteiger partial charge in [0.15, 0.2) is 0 Å². The highest BCUT2D eigenvalue weighted by molar-refractivity contribution is 7.90. The summed E-state index contributed by atoms with van der Waals surface area (Å²) in [5, 5.41) is 11.5. The van der Waals surface area contributed by atoms with Crippen LogP contribution in [0.4, 0.5) is 0 Å². The molecule has 0 amide bonds. The summed E-state index contributed by atoms with van der Waals surface area (Å²) in [5.74, 6) is 0.182. The van der Waals surface area contributed by atoms with Crippen molar-refractivity contribution in [3.05, 3.63) is 0 Å². The molecule has 1 atom stereocenters. The van der Waals surface area contributed by atoms with Gasteiger partial charge in [0, 0.05) is 6.26 Å². The Morgan fingerprint density at radius 2 is 2.15 bits per heavy atom. The first-order chi connectivity index (χ1) is 5.99. The van der Waals surface area contributed by atoms with Crippen LogP contribution >= 0.6 is 0 Å². The standard InChI is InChI=1S/C8H16N2O2S/c1-3-8(7-9)10-5-4-6-13(2,11)12/h8,10H,3-6H2,1-2H3. The van der Waals surface area contributed by atoms with Crippen LogP contribution in [0.1, 0.15) is 19.8 Å². The predicted molar refractivity (Wildman–Crippen MR) is 52.0 cm³/mol. The van der Waals surface area contributed by atoms with Crippen molar-refractivity contribution in [2.45, 2.75) is 25.8 Å². The molecule has 0 aliphatic heterocycles. The lowest BCUT2D eigenvalue weighted by atomic mass is 10.2. The monoisotopic (exact) mass is 204 g/mol. The van der Waals surface area contributed by atoms with Gasteiger partial charge in [0.1, 0.15) is 9.84 Å². The Labute approximate surface area is 79.9 Å². The number of rotatable bonds is 6. The Kier molecular flexibility index (Phi) is 5.67. The number of hydrogen-bond acceptors (Lipinski definition) is 4. The highest BCUT2D eigenvalue weighted by Crippen LogP contribution is 1.91. The normalized spacial score (nSPS) is 13.6. The summed E-state index contributed by atoms with van der Waals surface area (Å²) in [5.41, 5.74) is 0. The molecule has 0 heterocycles. The van der Waals surface area contributed by atoms with E-state index in [1.54, 1.807) is 0 Å². The van der Waals surface area contributed by atoms with E-state index < -0.39 is 9.84 Å². The minimum atomic E-state index is -2.86. The van der Waals surface area contributed by atoms with E-state index in [0.29, 0.717) is 13.0 Å². The molecular formula is C8H16N2O2S. The van der Waals surface area contributed by atoms with Gasteiger partial charge in [0.05, 0.1) is 17.9 Å². The zero-order valence-electron chi connectivity index (χ0n) is 8.08. The maximum absolute atomic E-state index is 10.7. The molecule has 5 heteroatoms. The molecule has 0 aromatic carbocycles. The van der Waals surface area contributed by atoms with Gasteiger partial charge in [-0.1, -0.05) is 6.92 Å². The van der Waals surface area contributed by atoms with Gasteiger partial charge in [0.2, 0.25) is 0 Å². The fourth-order valence-electron chi connectivity index (χ4n) is 0.892. The van der Waals surface area contributed by atoms with Gasteiger partial charge in [-0.25, -0.2) is 8.42 Å². The van der Waals surface area contributed by atoms with E-state index in [1.807, 2.05) is 6.92 Å². The second kappa shape index (κ2) is 5.95. The summed E-state index contributed by atoms with van der Waals surface area (Å²) in [6, 6.07) is 1.94. The van der Waals surface area contributed by atoms with Crippen LogP contribution < -0.4 is 5.32 Å². The SMILES string of the molecule is CCC(C#N)NCCCS(C)(=O)=O. The average Bonchev–Trinajstić information content (AvgIpc) is 2.03. The van der Waals surface area contributed by atoms with E-state index in [2.05, 4.69) is 11.4 Å². The Morgan fingerprint density at radius 3 is 2.54 bits per heavy atom. The molecule has 0 bridgehead atoms. The van der Waals surface area contributed by atoms with Gasteiger partial charge in [-0.2, -0.15) is 5.26 Å². The summed E-state index contributed by atoms with van der Waals surface area (Å²) >= 11 is 0. The Morgan fingerprint density at radius 1 is 1.54 bits per heavy atom. The fraction of sp³-hybridized carbons (Fsp3) is 0.875. The highest BCUT2D eigenvalue weighted by Gasteiger charge is 2.04. The molecule has 0 aliphatic carbocycles. The molecule has 4 nitrogen and oxygen atoms in total. The van der Waals surface area contributed by atoms with E-state index >= 15 is 0 Å². The van der Waals surface area contributed by atoms with Crippen LogP contribution in [0.25, 0.3) is 0 Å². The smallest absolute Gasteiger partial charge is 0.147 e. The quantitative estimate of drug-likeness (QED) is 0.632. The first-order valence-corrected chi connectivity index (χ1v) is 6.36. The number of sulfone groups is 1.